The van der Waals surface area contributed by atoms with Gasteiger partial charge in [-0.25, -0.2) is 0 Å². The second kappa shape index (κ2) is 10.1. The number of hydrogen-bond acceptors (Lipinski definition) is 4. The average molecular weight is 401 g/mol. The Kier molecular flexibility index (Phi) is 6.83. The molecule has 1 N–H and O–H groups in total. The second-order valence-corrected chi connectivity index (χ2v) is 7.96. The number of aromatic nitrogens is 2. The summed E-state index contributed by atoms with van der Waals surface area (Å²) in [5.41, 5.74) is 3.18. The number of amides is 1. The first-order valence-electron chi connectivity index (χ1n) is 10.6. The van der Waals surface area contributed by atoms with Crippen molar-refractivity contribution in [2.75, 3.05) is 13.1 Å². The maximum atomic E-state index is 12.9. The number of nitrogens with zero attached hydrogens (tertiary/aromatic N) is 3. The zero-order chi connectivity index (χ0) is 20.6. The second-order valence-electron chi connectivity index (χ2n) is 7.96. The van der Waals surface area contributed by atoms with Gasteiger partial charge >= 0.3 is 0 Å². The van der Waals surface area contributed by atoms with E-state index in [1.165, 1.54) is 5.56 Å². The smallest absolute Gasteiger partial charge is 0.224 e. The molecule has 2 atom stereocenters. The first-order valence-corrected chi connectivity index (χ1v) is 10.6. The molecule has 1 aliphatic heterocycles. The van der Waals surface area contributed by atoms with Gasteiger partial charge in [0.2, 0.25) is 5.91 Å². The predicted molar refractivity (Wildman–Crippen MR) is 118 cm³/mol. The normalized spacial score (nSPS) is 17.9. The number of likely N-dealkylation sites (tertiary alicyclic amines) is 1. The van der Waals surface area contributed by atoms with Crippen molar-refractivity contribution in [2.24, 2.45) is 5.92 Å². The van der Waals surface area contributed by atoms with Gasteiger partial charge in [-0.1, -0.05) is 42.5 Å². The topological polar surface area (TPSA) is 58.1 Å². The van der Waals surface area contributed by atoms with Crippen molar-refractivity contribution in [3.8, 4) is 0 Å². The van der Waals surface area contributed by atoms with Crippen molar-refractivity contribution in [1.29, 1.82) is 0 Å². The maximum Gasteiger partial charge on any atom is 0.224 e. The van der Waals surface area contributed by atoms with Crippen LogP contribution in [0.15, 0.2) is 79.3 Å². The fourth-order valence-electron chi connectivity index (χ4n) is 4.26. The first kappa shape index (κ1) is 20.2. The molecule has 30 heavy (non-hydrogen) atoms. The fourth-order valence-corrected chi connectivity index (χ4v) is 4.26. The van der Waals surface area contributed by atoms with Gasteiger partial charge in [-0.2, -0.15) is 0 Å². The summed E-state index contributed by atoms with van der Waals surface area (Å²) in [4.78, 5) is 24.1. The highest BCUT2D eigenvalue weighted by atomic mass is 16.1. The van der Waals surface area contributed by atoms with Crippen LogP contribution in [-0.4, -0.2) is 33.9 Å². The molecule has 1 fully saturated rings. The number of nitrogens with one attached hydrogen (secondary N) is 1. The highest BCUT2D eigenvalue weighted by molar-refractivity contribution is 5.79. The van der Waals surface area contributed by atoms with Crippen molar-refractivity contribution in [1.82, 2.24) is 20.2 Å². The number of carbonyl (C=O) groups excluding carboxylic acids is 1. The molecule has 1 aromatic carbocycles. The van der Waals surface area contributed by atoms with Crippen molar-refractivity contribution in [2.45, 2.75) is 31.8 Å². The summed E-state index contributed by atoms with van der Waals surface area (Å²) in [5, 5.41) is 3.30. The van der Waals surface area contributed by atoms with Crippen LogP contribution in [0, 0.1) is 5.92 Å². The summed E-state index contributed by atoms with van der Waals surface area (Å²) < 4.78 is 0. The lowest BCUT2D eigenvalue weighted by Crippen LogP contribution is -2.43. The van der Waals surface area contributed by atoms with Crippen molar-refractivity contribution >= 4 is 5.91 Å². The summed E-state index contributed by atoms with van der Waals surface area (Å²) in [5.74, 6) is 0.367. The zero-order valence-electron chi connectivity index (χ0n) is 17.2. The van der Waals surface area contributed by atoms with Crippen molar-refractivity contribution in [3.05, 3.63) is 96.1 Å². The fraction of sp³-hybridized carbons (Fsp3) is 0.320. The van der Waals surface area contributed by atoms with E-state index < -0.39 is 0 Å². The van der Waals surface area contributed by atoms with Crippen LogP contribution in [-0.2, 0) is 17.8 Å². The van der Waals surface area contributed by atoms with Gasteiger partial charge in [0.15, 0.2) is 0 Å². The van der Waals surface area contributed by atoms with E-state index in [1.807, 2.05) is 73.2 Å². The van der Waals surface area contributed by atoms with E-state index >= 15 is 0 Å². The van der Waals surface area contributed by atoms with E-state index in [4.69, 9.17) is 0 Å². The molecule has 1 amide bonds. The third kappa shape index (κ3) is 5.51. The standard InChI is InChI=1S/C25H28N4O/c30-24(16-20-8-2-1-3-9-20)28-25(23-12-4-5-14-27-23)22-11-7-15-29(19-22)18-21-10-6-13-26-17-21/h1-6,8-10,12-14,17,22,25H,7,11,15-16,18-19H2,(H,28,30)/t22-,25-/m0/s1. The van der Waals surface area contributed by atoms with Gasteiger partial charge in [-0.3, -0.25) is 19.7 Å². The molecule has 3 aromatic rings. The largest absolute Gasteiger partial charge is 0.347 e. The predicted octanol–water partition coefficient (Wildman–Crippen LogP) is 3.79. The molecule has 5 nitrogen and oxygen atoms in total. The van der Waals surface area contributed by atoms with E-state index in [-0.39, 0.29) is 11.9 Å². The Balaban J connectivity index is 1.47. The quantitative estimate of drug-likeness (QED) is 0.656. The van der Waals surface area contributed by atoms with E-state index in [1.54, 1.807) is 0 Å². The van der Waals surface area contributed by atoms with Crippen LogP contribution >= 0.6 is 0 Å². The van der Waals surface area contributed by atoms with Crippen LogP contribution in [0.2, 0.25) is 0 Å². The molecule has 0 aliphatic carbocycles. The monoisotopic (exact) mass is 400 g/mol. The van der Waals surface area contributed by atoms with Crippen molar-refractivity contribution < 1.29 is 4.79 Å². The Labute approximate surface area is 178 Å². The molecule has 0 unspecified atom stereocenters. The van der Waals surface area contributed by atoms with Gasteiger partial charge in [0.25, 0.3) is 0 Å². The minimum Gasteiger partial charge on any atom is -0.347 e. The van der Waals surface area contributed by atoms with Gasteiger partial charge in [0, 0.05) is 31.7 Å². The molecule has 0 bridgehead atoms. The Hall–Kier alpha value is -3.05. The number of carbonyl (C=O) groups is 1. The number of rotatable bonds is 7. The number of benzene rings is 1. The van der Waals surface area contributed by atoms with Gasteiger partial charge in [-0.05, 0) is 54.6 Å². The van der Waals surface area contributed by atoms with Gasteiger partial charge in [0.05, 0.1) is 18.2 Å². The lowest BCUT2D eigenvalue weighted by Gasteiger charge is -2.37. The molecular weight excluding hydrogens is 372 g/mol. The van der Waals surface area contributed by atoms with Crippen LogP contribution < -0.4 is 5.32 Å². The summed E-state index contributed by atoms with van der Waals surface area (Å²) in [6.07, 6.45) is 8.13. The third-order valence-electron chi connectivity index (χ3n) is 5.67. The van der Waals surface area contributed by atoms with E-state index in [0.29, 0.717) is 12.3 Å². The Bertz CT molecular complexity index is 918. The molecule has 0 radical (unpaired) electrons. The molecule has 154 valence electrons. The van der Waals surface area contributed by atoms with Gasteiger partial charge < -0.3 is 5.32 Å². The molecular formula is C25H28N4O. The van der Waals surface area contributed by atoms with Crippen LogP contribution in [0.5, 0.6) is 0 Å². The molecule has 1 saturated heterocycles. The Morgan fingerprint density at radius 1 is 1.03 bits per heavy atom. The summed E-state index contributed by atoms with van der Waals surface area (Å²) >= 11 is 0. The minimum atomic E-state index is -0.0842. The lowest BCUT2D eigenvalue weighted by atomic mass is 9.88. The lowest BCUT2D eigenvalue weighted by molar-refractivity contribution is -0.121. The summed E-state index contributed by atoms with van der Waals surface area (Å²) in [6.45, 7) is 2.89. The van der Waals surface area contributed by atoms with Crippen LogP contribution in [0.1, 0.15) is 35.7 Å². The molecule has 2 aromatic heterocycles. The molecule has 4 rings (SSSR count). The van der Waals surface area contributed by atoms with Crippen molar-refractivity contribution in [3.63, 3.8) is 0 Å². The molecule has 5 heteroatoms. The Morgan fingerprint density at radius 3 is 2.63 bits per heavy atom. The zero-order valence-corrected chi connectivity index (χ0v) is 17.2. The number of pyridine rings is 2. The highest BCUT2D eigenvalue weighted by Gasteiger charge is 2.30. The molecule has 3 heterocycles. The highest BCUT2D eigenvalue weighted by Crippen LogP contribution is 2.29. The third-order valence-corrected chi connectivity index (χ3v) is 5.67. The van der Waals surface area contributed by atoms with E-state index in [0.717, 1.165) is 43.7 Å². The summed E-state index contributed by atoms with van der Waals surface area (Å²) in [7, 11) is 0. The van der Waals surface area contributed by atoms with E-state index in [9.17, 15) is 4.79 Å². The molecule has 1 aliphatic rings. The average Bonchev–Trinajstić information content (AvgIpc) is 2.80. The minimum absolute atomic E-state index is 0.0428. The molecule has 0 spiro atoms. The van der Waals surface area contributed by atoms with Crippen LogP contribution in [0.25, 0.3) is 0 Å². The first-order chi connectivity index (χ1) is 14.8. The van der Waals surface area contributed by atoms with E-state index in [2.05, 4.69) is 26.3 Å². The van der Waals surface area contributed by atoms with Gasteiger partial charge in [-0.15, -0.1) is 0 Å². The van der Waals surface area contributed by atoms with Crippen LogP contribution in [0.4, 0.5) is 0 Å². The maximum absolute atomic E-state index is 12.9. The van der Waals surface area contributed by atoms with Crippen LogP contribution in [0.3, 0.4) is 0 Å². The number of piperidine rings is 1. The Morgan fingerprint density at radius 2 is 1.87 bits per heavy atom. The number of hydrogen-bond donors (Lipinski definition) is 1. The van der Waals surface area contributed by atoms with Gasteiger partial charge in [0.1, 0.15) is 0 Å². The SMILES string of the molecule is O=C(Cc1ccccc1)N[C@H](c1ccccn1)[C@H]1CCCN(Cc2cccnc2)C1. The summed E-state index contributed by atoms with van der Waals surface area (Å²) in [6, 6.07) is 19.8. The molecule has 0 saturated carbocycles.